The maximum atomic E-state index is 13.0. The van der Waals surface area contributed by atoms with Crippen LogP contribution in [0.3, 0.4) is 0 Å². The third kappa shape index (κ3) is 4.54. The van der Waals surface area contributed by atoms with Crippen LogP contribution in [0.25, 0.3) is 22.2 Å². The minimum absolute atomic E-state index is 0.0482. The van der Waals surface area contributed by atoms with Gasteiger partial charge in [-0.2, -0.15) is 12.7 Å². The van der Waals surface area contributed by atoms with Gasteiger partial charge in [-0.3, -0.25) is 4.79 Å². The number of carbonyl (C=O) groups is 2. The van der Waals surface area contributed by atoms with E-state index in [1.54, 1.807) is 28.8 Å². The number of nitrogens with one attached hydrogen (secondary N) is 1. The van der Waals surface area contributed by atoms with Crippen molar-refractivity contribution in [2.24, 2.45) is 0 Å². The van der Waals surface area contributed by atoms with Crippen molar-refractivity contribution < 1.29 is 38.1 Å². The molecule has 2 aromatic carbocycles. The summed E-state index contributed by atoms with van der Waals surface area (Å²) in [6.45, 7) is -0.500. The number of nitrogens with zero attached hydrogens (tertiary/aromatic N) is 2. The number of hydrogen-bond acceptors (Lipinski definition) is 7. The summed E-state index contributed by atoms with van der Waals surface area (Å²) in [7, 11) is 0.00329. The highest BCUT2D eigenvalue weighted by molar-refractivity contribution is 7.87. The van der Waals surface area contributed by atoms with Crippen molar-refractivity contribution >= 4 is 33.0 Å². The van der Waals surface area contributed by atoms with Gasteiger partial charge in [0, 0.05) is 36.1 Å². The van der Waals surface area contributed by atoms with E-state index in [9.17, 15) is 33.3 Å². The lowest BCUT2D eigenvalue weighted by Gasteiger charge is -2.28. The Bertz CT molecular complexity index is 1610. The summed E-state index contributed by atoms with van der Waals surface area (Å²) in [5, 5.41) is 33.7. The van der Waals surface area contributed by atoms with Gasteiger partial charge in [0.1, 0.15) is 11.9 Å². The summed E-state index contributed by atoms with van der Waals surface area (Å²) in [6, 6.07) is 9.80. The van der Waals surface area contributed by atoms with Gasteiger partial charge in [0.25, 0.3) is 5.91 Å². The monoisotopic (exact) mass is 571 g/mol. The molecule has 1 aliphatic heterocycles. The molecule has 5 rings (SSSR count). The number of methoxy groups -OCH3 is 1. The molecular formula is C28H33N3O8S. The van der Waals surface area contributed by atoms with Crippen LogP contribution in [0.5, 0.6) is 5.75 Å². The van der Waals surface area contributed by atoms with Gasteiger partial charge < -0.3 is 24.6 Å². The molecule has 2 aliphatic rings. The second-order valence-electron chi connectivity index (χ2n) is 10.7. The summed E-state index contributed by atoms with van der Waals surface area (Å²) < 4.78 is 34.5. The number of fused-ring (bicyclic) bond motifs is 5. The Labute approximate surface area is 232 Å². The molecule has 2 atom stereocenters. The molecule has 1 aromatic heterocycles. The molecule has 1 aliphatic carbocycles. The number of carboxylic acid groups (broad SMARTS) is 1. The molecule has 1 amide bonds. The molecule has 214 valence electrons. The van der Waals surface area contributed by atoms with E-state index in [1.807, 2.05) is 4.72 Å². The highest BCUT2D eigenvalue weighted by atomic mass is 32.2. The number of rotatable bonds is 6. The second kappa shape index (κ2) is 10.2. The molecule has 1 fully saturated rings. The van der Waals surface area contributed by atoms with Gasteiger partial charge in [0.2, 0.25) is 5.60 Å². The third-order valence-corrected chi connectivity index (χ3v) is 9.52. The first-order chi connectivity index (χ1) is 18.9. The van der Waals surface area contributed by atoms with E-state index >= 15 is 0 Å². The number of amides is 1. The smallest absolute Gasteiger partial charge is 0.340 e. The van der Waals surface area contributed by atoms with Crippen molar-refractivity contribution in [2.45, 2.75) is 56.3 Å². The number of aliphatic carboxylic acids is 1. The fraction of sp³-hybridized carbons (Fsp3) is 0.429. The van der Waals surface area contributed by atoms with Crippen LogP contribution >= 0.6 is 0 Å². The number of aliphatic hydroxyl groups is 2. The Morgan fingerprint density at radius 2 is 1.80 bits per heavy atom. The predicted molar refractivity (Wildman–Crippen MR) is 147 cm³/mol. The summed E-state index contributed by atoms with van der Waals surface area (Å²) >= 11 is 0. The summed E-state index contributed by atoms with van der Waals surface area (Å²) in [4.78, 5) is 25.4. The molecule has 0 spiro atoms. The average molecular weight is 572 g/mol. The van der Waals surface area contributed by atoms with E-state index in [-0.39, 0.29) is 17.0 Å². The molecular weight excluding hydrogens is 538 g/mol. The van der Waals surface area contributed by atoms with Gasteiger partial charge in [-0.05, 0) is 60.2 Å². The van der Waals surface area contributed by atoms with Gasteiger partial charge in [0.15, 0.2) is 0 Å². The number of aliphatic hydroxyl groups excluding tert-OH is 1. The van der Waals surface area contributed by atoms with Crippen LogP contribution in [0, 0.1) is 0 Å². The van der Waals surface area contributed by atoms with E-state index in [0.29, 0.717) is 22.5 Å². The number of carboxylic acids is 1. The Hall–Kier alpha value is -3.45. The number of benzene rings is 2. The SMILES string of the molecule is COc1ccc2c(c1)C(O)C(O)(C(=O)O)Cn1c-2c(C2CCCCC2)c2ccc(C(=O)NS(=O)(=O)N(C)C)cc21. The van der Waals surface area contributed by atoms with Crippen molar-refractivity contribution in [1.29, 1.82) is 0 Å². The maximum Gasteiger partial charge on any atom is 0.340 e. The first-order valence-electron chi connectivity index (χ1n) is 13.1. The van der Waals surface area contributed by atoms with Crippen LogP contribution in [0.2, 0.25) is 0 Å². The van der Waals surface area contributed by atoms with E-state index in [2.05, 4.69) is 0 Å². The summed E-state index contributed by atoms with van der Waals surface area (Å²) in [6.07, 6.45) is 3.20. The number of carbonyl (C=O) groups excluding carboxylic acids is 1. The lowest BCUT2D eigenvalue weighted by molar-refractivity contribution is -0.174. The normalized spacial score (nSPS) is 21.5. The van der Waals surface area contributed by atoms with Crippen LogP contribution in [0.15, 0.2) is 36.4 Å². The lowest BCUT2D eigenvalue weighted by Crippen LogP contribution is -2.47. The Morgan fingerprint density at radius 3 is 2.42 bits per heavy atom. The van der Waals surface area contributed by atoms with Crippen LogP contribution in [0.1, 0.15) is 65.6 Å². The molecule has 4 N–H and O–H groups in total. The largest absolute Gasteiger partial charge is 0.497 e. The molecule has 0 radical (unpaired) electrons. The highest BCUT2D eigenvalue weighted by Gasteiger charge is 2.49. The molecule has 2 heterocycles. The van der Waals surface area contributed by atoms with Gasteiger partial charge in [-0.1, -0.05) is 25.3 Å². The van der Waals surface area contributed by atoms with Crippen LogP contribution in [0.4, 0.5) is 0 Å². The Balaban J connectivity index is 1.81. The topological polar surface area (TPSA) is 158 Å². The summed E-state index contributed by atoms with van der Waals surface area (Å²) in [5.41, 5.74) is 0.300. The molecule has 40 heavy (non-hydrogen) atoms. The second-order valence-corrected chi connectivity index (χ2v) is 12.6. The van der Waals surface area contributed by atoms with E-state index < -0.39 is 40.3 Å². The van der Waals surface area contributed by atoms with Crippen molar-refractivity contribution in [3.05, 3.63) is 53.1 Å². The van der Waals surface area contributed by atoms with Gasteiger partial charge >= 0.3 is 16.2 Å². The van der Waals surface area contributed by atoms with E-state index in [4.69, 9.17) is 4.74 Å². The van der Waals surface area contributed by atoms with Crippen molar-refractivity contribution in [2.75, 3.05) is 21.2 Å². The Kier molecular flexibility index (Phi) is 7.15. The van der Waals surface area contributed by atoms with Crippen LogP contribution in [-0.2, 0) is 21.5 Å². The molecule has 12 heteroatoms. The molecule has 1 saturated carbocycles. The highest BCUT2D eigenvalue weighted by Crippen LogP contribution is 2.49. The maximum absolute atomic E-state index is 13.0. The average Bonchev–Trinajstić information content (AvgIpc) is 3.20. The van der Waals surface area contributed by atoms with E-state index in [0.717, 1.165) is 47.4 Å². The first-order valence-corrected chi connectivity index (χ1v) is 14.6. The number of hydrogen-bond donors (Lipinski definition) is 4. The number of aromatic nitrogens is 1. The third-order valence-electron chi connectivity index (χ3n) is 8.11. The van der Waals surface area contributed by atoms with Gasteiger partial charge in [0.05, 0.1) is 19.3 Å². The standard InChI is InChI=1S/C28H33N3O8S/c1-30(2)40(37,38)29-26(33)17-9-11-20-22(13-17)31-15-28(36,27(34)35)25(32)21-14-18(39-3)10-12-19(21)24(31)23(20)16-7-5-4-6-8-16/h9-14,16,25,32,36H,4-8,15H2,1-3H3,(H,29,33)(H,34,35). The van der Waals surface area contributed by atoms with Crippen LogP contribution < -0.4 is 9.46 Å². The minimum atomic E-state index is -4.05. The van der Waals surface area contributed by atoms with Crippen molar-refractivity contribution in [3.63, 3.8) is 0 Å². The fourth-order valence-electron chi connectivity index (χ4n) is 5.92. The first kappa shape index (κ1) is 28.1. The molecule has 0 bridgehead atoms. The zero-order chi connectivity index (χ0) is 29.0. The van der Waals surface area contributed by atoms with Crippen molar-refractivity contribution in [3.8, 4) is 17.0 Å². The van der Waals surface area contributed by atoms with Crippen molar-refractivity contribution in [1.82, 2.24) is 13.6 Å². The molecule has 2 unspecified atom stereocenters. The number of ether oxygens (including phenoxy) is 1. The Morgan fingerprint density at radius 1 is 1.10 bits per heavy atom. The zero-order valence-electron chi connectivity index (χ0n) is 22.5. The summed E-state index contributed by atoms with van der Waals surface area (Å²) in [5.74, 6) is -1.92. The zero-order valence-corrected chi connectivity index (χ0v) is 23.4. The fourth-order valence-corrected chi connectivity index (χ4v) is 6.46. The molecule has 3 aromatic rings. The molecule has 11 nitrogen and oxygen atoms in total. The quantitative estimate of drug-likeness (QED) is 0.352. The van der Waals surface area contributed by atoms with E-state index in [1.165, 1.54) is 33.3 Å². The lowest BCUT2D eigenvalue weighted by atomic mass is 9.81. The van der Waals surface area contributed by atoms with Gasteiger partial charge in [-0.25, -0.2) is 9.52 Å². The predicted octanol–water partition coefficient (Wildman–Crippen LogP) is 2.76. The van der Waals surface area contributed by atoms with Crippen LogP contribution in [-0.4, -0.2) is 71.3 Å². The minimum Gasteiger partial charge on any atom is -0.497 e. The van der Waals surface area contributed by atoms with Gasteiger partial charge in [-0.15, -0.1) is 0 Å². The molecule has 0 saturated heterocycles.